The molecule has 0 spiro atoms. The van der Waals surface area contributed by atoms with Gasteiger partial charge in [-0.3, -0.25) is 9.89 Å². The number of carbonyl (C=O) groups excluding carboxylic acids is 1. The third-order valence-corrected chi connectivity index (χ3v) is 3.99. The van der Waals surface area contributed by atoms with E-state index in [2.05, 4.69) is 15.5 Å². The smallest absolute Gasteiger partial charge is 0.376 e. The molecule has 8 heteroatoms. The summed E-state index contributed by atoms with van der Waals surface area (Å²) in [7, 11) is 0. The second kappa shape index (κ2) is 7.81. The molecule has 0 aromatic carbocycles. The Bertz CT molecular complexity index is 521. The number of hydrogen-bond acceptors (Lipinski definition) is 3. The van der Waals surface area contributed by atoms with Crippen LogP contribution in [0.25, 0.3) is 0 Å². The van der Waals surface area contributed by atoms with E-state index in [1.807, 2.05) is 0 Å². The standard InChI is InChI=1S/C15H22F3N3O2/c1-10-12(15(16,17)18)13(21-20-10)14(22)19-8-9-23-11-6-4-2-3-5-7-11/h11H,2-9H2,1H3,(H,19,22)(H,20,21). The fourth-order valence-corrected chi connectivity index (χ4v) is 2.82. The van der Waals surface area contributed by atoms with Crippen molar-refractivity contribution >= 4 is 5.91 Å². The largest absolute Gasteiger partial charge is 0.420 e. The van der Waals surface area contributed by atoms with Crippen LogP contribution in [0.5, 0.6) is 0 Å². The topological polar surface area (TPSA) is 67.0 Å². The lowest BCUT2D eigenvalue weighted by Gasteiger charge is -2.15. The molecule has 23 heavy (non-hydrogen) atoms. The van der Waals surface area contributed by atoms with E-state index in [4.69, 9.17) is 4.74 Å². The van der Waals surface area contributed by atoms with E-state index in [9.17, 15) is 18.0 Å². The molecule has 0 radical (unpaired) electrons. The number of nitrogens with one attached hydrogen (secondary N) is 2. The number of amides is 1. The third-order valence-electron chi connectivity index (χ3n) is 3.99. The number of aryl methyl sites for hydroxylation is 1. The number of aromatic nitrogens is 2. The lowest BCUT2D eigenvalue weighted by Crippen LogP contribution is -2.30. The van der Waals surface area contributed by atoms with Gasteiger partial charge in [0.25, 0.3) is 5.91 Å². The first-order valence-electron chi connectivity index (χ1n) is 7.91. The van der Waals surface area contributed by atoms with Crippen molar-refractivity contribution in [2.45, 2.75) is 57.7 Å². The molecule has 1 fully saturated rings. The van der Waals surface area contributed by atoms with Gasteiger partial charge in [0.15, 0.2) is 5.69 Å². The Morgan fingerprint density at radius 2 is 1.96 bits per heavy atom. The average molecular weight is 333 g/mol. The first-order valence-corrected chi connectivity index (χ1v) is 7.91. The van der Waals surface area contributed by atoms with Crippen molar-refractivity contribution in [1.82, 2.24) is 15.5 Å². The zero-order valence-corrected chi connectivity index (χ0v) is 13.1. The highest BCUT2D eigenvalue weighted by molar-refractivity contribution is 5.94. The van der Waals surface area contributed by atoms with Gasteiger partial charge >= 0.3 is 6.18 Å². The molecule has 1 saturated carbocycles. The molecule has 1 aliphatic carbocycles. The summed E-state index contributed by atoms with van der Waals surface area (Å²) in [6.45, 7) is 1.70. The van der Waals surface area contributed by atoms with Crippen molar-refractivity contribution in [3.05, 3.63) is 17.0 Å². The lowest BCUT2D eigenvalue weighted by atomic mass is 10.1. The molecule has 0 atom stereocenters. The van der Waals surface area contributed by atoms with E-state index in [-0.39, 0.29) is 18.3 Å². The van der Waals surface area contributed by atoms with Gasteiger partial charge in [0.05, 0.1) is 12.7 Å². The first-order chi connectivity index (χ1) is 10.9. The zero-order chi connectivity index (χ0) is 16.9. The number of ether oxygens (including phenoxy) is 1. The van der Waals surface area contributed by atoms with Gasteiger partial charge in [-0.15, -0.1) is 0 Å². The van der Waals surface area contributed by atoms with Crippen LogP contribution < -0.4 is 5.32 Å². The van der Waals surface area contributed by atoms with Crippen LogP contribution in [0.1, 0.15) is 60.3 Å². The molecule has 0 unspecified atom stereocenters. The average Bonchev–Trinajstić information content (AvgIpc) is 2.70. The fraction of sp³-hybridized carbons (Fsp3) is 0.733. The van der Waals surface area contributed by atoms with Gasteiger partial charge in [0.2, 0.25) is 0 Å². The highest BCUT2D eigenvalue weighted by atomic mass is 19.4. The van der Waals surface area contributed by atoms with Crippen LogP contribution in [0.4, 0.5) is 13.2 Å². The number of carbonyl (C=O) groups is 1. The van der Waals surface area contributed by atoms with Crippen molar-refractivity contribution in [2.75, 3.05) is 13.2 Å². The van der Waals surface area contributed by atoms with Crippen LogP contribution >= 0.6 is 0 Å². The quantitative estimate of drug-likeness (QED) is 0.642. The van der Waals surface area contributed by atoms with Gasteiger partial charge in [-0.25, -0.2) is 0 Å². The van der Waals surface area contributed by atoms with Gasteiger partial charge in [-0.05, 0) is 19.8 Å². The summed E-state index contributed by atoms with van der Waals surface area (Å²) in [5.41, 5.74) is -1.80. The molecule has 0 bridgehead atoms. The minimum Gasteiger partial charge on any atom is -0.376 e. The van der Waals surface area contributed by atoms with Crippen molar-refractivity contribution in [3.8, 4) is 0 Å². The Hall–Kier alpha value is -1.57. The number of alkyl halides is 3. The van der Waals surface area contributed by atoms with Gasteiger partial charge < -0.3 is 10.1 Å². The Balaban J connectivity index is 1.81. The normalized spacial score (nSPS) is 17.0. The SMILES string of the molecule is Cc1[nH]nc(C(=O)NCCOC2CCCCCC2)c1C(F)(F)F. The minimum atomic E-state index is -4.61. The van der Waals surface area contributed by atoms with Gasteiger partial charge in [0.1, 0.15) is 5.56 Å². The maximum Gasteiger partial charge on any atom is 0.420 e. The summed E-state index contributed by atoms with van der Waals surface area (Å²) in [5, 5.41) is 8.11. The molecule has 2 N–H and O–H groups in total. The second-order valence-corrected chi connectivity index (χ2v) is 5.81. The Morgan fingerprint density at radius 1 is 1.30 bits per heavy atom. The van der Waals surface area contributed by atoms with Gasteiger partial charge in [-0.2, -0.15) is 18.3 Å². The van der Waals surface area contributed by atoms with Crippen LogP contribution in [0.15, 0.2) is 0 Å². The molecule has 0 saturated heterocycles. The molecule has 130 valence electrons. The Labute approximate surface area is 133 Å². The van der Waals surface area contributed by atoms with Crippen LogP contribution in [0.2, 0.25) is 0 Å². The second-order valence-electron chi connectivity index (χ2n) is 5.81. The van der Waals surface area contributed by atoms with Crippen molar-refractivity contribution in [2.24, 2.45) is 0 Å². The Kier molecular flexibility index (Phi) is 6.04. The van der Waals surface area contributed by atoms with Crippen LogP contribution in [0, 0.1) is 6.92 Å². The van der Waals surface area contributed by atoms with Crippen molar-refractivity contribution < 1.29 is 22.7 Å². The number of hydrogen-bond donors (Lipinski definition) is 2. The highest BCUT2D eigenvalue weighted by Crippen LogP contribution is 2.33. The van der Waals surface area contributed by atoms with Crippen molar-refractivity contribution in [3.63, 3.8) is 0 Å². The summed E-state index contributed by atoms with van der Waals surface area (Å²) in [5.74, 6) is -0.842. The maximum absolute atomic E-state index is 12.9. The predicted octanol–water partition coefficient (Wildman–Crippen LogP) is 3.21. The lowest BCUT2D eigenvalue weighted by molar-refractivity contribution is -0.138. The van der Waals surface area contributed by atoms with Gasteiger partial charge in [-0.1, -0.05) is 25.7 Å². The summed E-state index contributed by atoms with van der Waals surface area (Å²) in [4.78, 5) is 11.9. The first kappa shape index (κ1) is 17.8. The van der Waals surface area contributed by atoms with Crippen LogP contribution in [0.3, 0.4) is 0 Å². The molecule has 5 nitrogen and oxygen atoms in total. The summed E-state index contributed by atoms with van der Waals surface area (Å²) < 4.78 is 44.4. The van der Waals surface area contributed by atoms with E-state index in [1.54, 1.807) is 0 Å². The monoisotopic (exact) mass is 333 g/mol. The number of rotatable bonds is 5. The molecule has 1 heterocycles. The highest BCUT2D eigenvalue weighted by Gasteiger charge is 2.39. The molecule has 1 aliphatic rings. The summed E-state index contributed by atoms with van der Waals surface area (Å²) >= 11 is 0. The maximum atomic E-state index is 12.9. The summed E-state index contributed by atoms with van der Waals surface area (Å²) in [6.07, 6.45) is 2.30. The molecular formula is C15H22F3N3O2. The number of nitrogens with zero attached hydrogens (tertiary/aromatic N) is 1. The molecular weight excluding hydrogens is 311 g/mol. The van der Waals surface area contributed by atoms with Crippen LogP contribution in [-0.4, -0.2) is 35.4 Å². The fourth-order valence-electron chi connectivity index (χ4n) is 2.82. The number of aromatic amines is 1. The molecule has 1 aromatic heterocycles. The molecule has 0 aliphatic heterocycles. The summed E-state index contributed by atoms with van der Waals surface area (Å²) in [6, 6.07) is 0. The zero-order valence-electron chi connectivity index (χ0n) is 13.1. The number of H-pyrrole nitrogens is 1. The van der Waals surface area contributed by atoms with Crippen molar-refractivity contribution in [1.29, 1.82) is 0 Å². The predicted molar refractivity (Wildman–Crippen MR) is 78.1 cm³/mol. The van der Waals surface area contributed by atoms with E-state index < -0.39 is 23.3 Å². The van der Waals surface area contributed by atoms with Gasteiger partial charge in [0, 0.05) is 12.2 Å². The van der Waals surface area contributed by atoms with E-state index in [0.717, 1.165) is 25.7 Å². The van der Waals surface area contributed by atoms with E-state index in [0.29, 0.717) is 6.61 Å². The van der Waals surface area contributed by atoms with E-state index >= 15 is 0 Å². The molecule has 1 amide bonds. The van der Waals surface area contributed by atoms with E-state index in [1.165, 1.54) is 19.8 Å². The molecule has 2 rings (SSSR count). The molecule has 1 aromatic rings. The number of halogens is 3. The third kappa shape index (κ3) is 4.95. The minimum absolute atomic E-state index is 0.165. The van der Waals surface area contributed by atoms with Crippen LogP contribution in [-0.2, 0) is 10.9 Å². The Morgan fingerprint density at radius 3 is 2.57 bits per heavy atom.